The molecule has 0 saturated carbocycles. The largest absolute Gasteiger partial charge is 0.508 e. The predicted molar refractivity (Wildman–Crippen MR) is 83.8 cm³/mol. The van der Waals surface area contributed by atoms with E-state index in [0.29, 0.717) is 24.2 Å². The first-order valence-electron chi connectivity index (χ1n) is 7.45. The van der Waals surface area contributed by atoms with E-state index in [2.05, 4.69) is 6.07 Å². The van der Waals surface area contributed by atoms with E-state index in [9.17, 15) is 15.2 Å². The second kappa shape index (κ2) is 5.17. The molecule has 5 heteroatoms. The molecule has 0 fully saturated rings. The zero-order valence-electron chi connectivity index (χ0n) is 13.1. The molecular formula is C18H18N2O3. The second-order valence-corrected chi connectivity index (χ2v) is 6.79. The Morgan fingerprint density at radius 1 is 1.30 bits per heavy atom. The van der Waals surface area contributed by atoms with Crippen molar-refractivity contribution in [3.8, 4) is 11.8 Å². The summed E-state index contributed by atoms with van der Waals surface area (Å²) in [6, 6.07) is 8.55. The molecule has 118 valence electrons. The van der Waals surface area contributed by atoms with Crippen molar-refractivity contribution in [2.45, 2.75) is 32.6 Å². The molecule has 0 amide bonds. The maximum atomic E-state index is 12.7. The van der Waals surface area contributed by atoms with Crippen molar-refractivity contribution in [2.24, 2.45) is 11.1 Å². The van der Waals surface area contributed by atoms with Crippen LogP contribution in [0.2, 0.25) is 0 Å². The highest BCUT2D eigenvalue weighted by atomic mass is 16.5. The monoisotopic (exact) mass is 310 g/mol. The number of hydrogen-bond donors (Lipinski definition) is 2. The second-order valence-electron chi connectivity index (χ2n) is 6.79. The summed E-state index contributed by atoms with van der Waals surface area (Å²) in [6.07, 6.45) is 1.00. The van der Waals surface area contributed by atoms with Gasteiger partial charge in [0.2, 0.25) is 5.88 Å². The van der Waals surface area contributed by atoms with Gasteiger partial charge in [0.05, 0.1) is 5.92 Å². The highest BCUT2D eigenvalue weighted by Gasteiger charge is 2.42. The molecule has 0 aromatic heterocycles. The molecule has 1 aliphatic heterocycles. The lowest BCUT2D eigenvalue weighted by atomic mass is 9.70. The van der Waals surface area contributed by atoms with Crippen LogP contribution in [0, 0.1) is 16.7 Å². The number of Topliss-reactive ketones (excluding diaryl/α,β-unsaturated/α-hetero) is 1. The number of phenolic OH excluding ortho intramolecular Hbond substituents is 1. The molecule has 1 atom stereocenters. The number of allylic oxidation sites excluding steroid dienone is 3. The summed E-state index contributed by atoms with van der Waals surface area (Å²) < 4.78 is 5.62. The zero-order valence-corrected chi connectivity index (χ0v) is 13.1. The fraction of sp³-hybridized carbons (Fsp3) is 0.333. The average molecular weight is 310 g/mol. The molecule has 2 aliphatic rings. The van der Waals surface area contributed by atoms with Crippen molar-refractivity contribution in [3.05, 3.63) is 52.6 Å². The van der Waals surface area contributed by atoms with E-state index >= 15 is 0 Å². The number of ether oxygens (including phenoxy) is 1. The Morgan fingerprint density at radius 2 is 1.96 bits per heavy atom. The van der Waals surface area contributed by atoms with E-state index in [4.69, 9.17) is 10.5 Å². The Labute approximate surface area is 134 Å². The minimum Gasteiger partial charge on any atom is -0.508 e. The van der Waals surface area contributed by atoms with Gasteiger partial charge in [-0.1, -0.05) is 26.0 Å². The van der Waals surface area contributed by atoms with Crippen LogP contribution in [0.1, 0.15) is 38.2 Å². The summed E-state index contributed by atoms with van der Waals surface area (Å²) in [7, 11) is 0. The topological polar surface area (TPSA) is 96.3 Å². The predicted octanol–water partition coefficient (Wildman–Crippen LogP) is 2.84. The Balaban J connectivity index is 2.17. The smallest absolute Gasteiger partial charge is 0.205 e. The number of carbonyl (C=O) groups is 1. The lowest BCUT2D eigenvalue weighted by Crippen LogP contribution is -2.33. The van der Waals surface area contributed by atoms with E-state index in [-0.39, 0.29) is 28.4 Å². The van der Waals surface area contributed by atoms with Gasteiger partial charge in [0.1, 0.15) is 23.2 Å². The molecule has 1 aliphatic carbocycles. The van der Waals surface area contributed by atoms with Crippen LogP contribution in [0.15, 0.2) is 47.1 Å². The molecule has 5 nitrogen and oxygen atoms in total. The number of phenols is 1. The third-order valence-corrected chi connectivity index (χ3v) is 4.30. The van der Waals surface area contributed by atoms with Gasteiger partial charge in [-0.3, -0.25) is 4.79 Å². The third-order valence-electron chi connectivity index (χ3n) is 4.30. The van der Waals surface area contributed by atoms with Crippen LogP contribution in [0.3, 0.4) is 0 Å². The molecule has 1 aromatic rings. The van der Waals surface area contributed by atoms with Gasteiger partial charge in [-0.05, 0) is 23.1 Å². The molecule has 1 heterocycles. The molecule has 1 aromatic carbocycles. The first-order valence-corrected chi connectivity index (χ1v) is 7.45. The average Bonchev–Trinajstić information content (AvgIpc) is 2.45. The van der Waals surface area contributed by atoms with Crippen LogP contribution in [-0.4, -0.2) is 10.9 Å². The number of hydrogen-bond acceptors (Lipinski definition) is 5. The van der Waals surface area contributed by atoms with Crippen LogP contribution in [0.5, 0.6) is 5.75 Å². The standard InChI is InChI=1S/C18H18N2O3/c1-18(2)7-13(22)16-14(8-18)23-17(20)12(9-19)15(16)10-3-5-11(21)6-4-10/h3-6,15,21H,7-8,20H2,1-2H3/t15-/m1/s1. The van der Waals surface area contributed by atoms with Crippen LogP contribution in [0.4, 0.5) is 0 Å². The van der Waals surface area contributed by atoms with Crippen LogP contribution in [0.25, 0.3) is 0 Å². The molecule has 23 heavy (non-hydrogen) atoms. The van der Waals surface area contributed by atoms with Crippen molar-refractivity contribution in [1.82, 2.24) is 0 Å². The lowest BCUT2D eigenvalue weighted by molar-refractivity contribution is -0.119. The summed E-state index contributed by atoms with van der Waals surface area (Å²) in [6.45, 7) is 4.01. The van der Waals surface area contributed by atoms with Crippen LogP contribution >= 0.6 is 0 Å². The molecule has 0 bridgehead atoms. The maximum absolute atomic E-state index is 12.7. The minimum absolute atomic E-state index is 0.0189. The third kappa shape index (κ3) is 2.57. The summed E-state index contributed by atoms with van der Waals surface area (Å²) in [4.78, 5) is 12.7. The minimum atomic E-state index is -0.534. The SMILES string of the molecule is CC1(C)CC(=O)C2=C(C1)OC(N)=C(C#N)[C@H]2c1ccc(O)cc1. The molecule has 0 spiro atoms. The van der Waals surface area contributed by atoms with Gasteiger partial charge >= 0.3 is 0 Å². The van der Waals surface area contributed by atoms with Gasteiger partial charge in [-0.15, -0.1) is 0 Å². The molecule has 0 saturated heterocycles. The number of nitriles is 1. The van der Waals surface area contributed by atoms with E-state index in [1.165, 1.54) is 12.1 Å². The number of rotatable bonds is 1. The Morgan fingerprint density at radius 3 is 2.57 bits per heavy atom. The fourth-order valence-corrected chi connectivity index (χ4v) is 3.28. The van der Waals surface area contributed by atoms with Gasteiger partial charge in [0.25, 0.3) is 0 Å². The summed E-state index contributed by atoms with van der Waals surface area (Å²) in [5.74, 6) is 0.180. The molecule has 3 rings (SSSR count). The number of aromatic hydroxyl groups is 1. The van der Waals surface area contributed by atoms with Gasteiger partial charge in [-0.2, -0.15) is 5.26 Å². The summed E-state index contributed by atoms with van der Waals surface area (Å²) >= 11 is 0. The van der Waals surface area contributed by atoms with Gasteiger partial charge in [0.15, 0.2) is 5.78 Å². The van der Waals surface area contributed by atoms with E-state index in [1.807, 2.05) is 13.8 Å². The van der Waals surface area contributed by atoms with Crippen molar-refractivity contribution >= 4 is 5.78 Å². The highest BCUT2D eigenvalue weighted by Crippen LogP contribution is 2.47. The van der Waals surface area contributed by atoms with Crippen molar-refractivity contribution in [1.29, 1.82) is 5.26 Å². The van der Waals surface area contributed by atoms with Crippen LogP contribution in [-0.2, 0) is 9.53 Å². The normalized spacial score (nSPS) is 23.2. The first kappa shape index (κ1) is 15.2. The number of ketones is 1. The van der Waals surface area contributed by atoms with E-state index in [0.717, 1.165) is 5.56 Å². The Hall–Kier alpha value is -2.74. The number of benzene rings is 1. The number of nitrogens with zero attached hydrogens (tertiary/aromatic N) is 1. The van der Waals surface area contributed by atoms with Gasteiger partial charge in [0, 0.05) is 18.4 Å². The van der Waals surface area contributed by atoms with E-state index in [1.54, 1.807) is 12.1 Å². The zero-order chi connectivity index (χ0) is 16.8. The quantitative estimate of drug-likeness (QED) is 0.831. The molecular weight excluding hydrogens is 292 g/mol. The van der Waals surface area contributed by atoms with Crippen molar-refractivity contribution in [2.75, 3.05) is 0 Å². The summed E-state index contributed by atoms with van der Waals surface area (Å²) in [5.41, 5.74) is 7.23. The number of carbonyl (C=O) groups excluding carboxylic acids is 1. The van der Waals surface area contributed by atoms with Crippen molar-refractivity contribution < 1.29 is 14.6 Å². The van der Waals surface area contributed by atoms with E-state index < -0.39 is 5.92 Å². The van der Waals surface area contributed by atoms with Crippen molar-refractivity contribution in [3.63, 3.8) is 0 Å². The lowest BCUT2D eigenvalue weighted by Gasteiger charge is -2.37. The number of nitrogens with two attached hydrogens (primary N) is 1. The van der Waals surface area contributed by atoms with Gasteiger partial charge < -0.3 is 15.6 Å². The Bertz CT molecular complexity index is 779. The Kier molecular flexibility index (Phi) is 3.41. The highest BCUT2D eigenvalue weighted by molar-refractivity contribution is 6.00. The summed E-state index contributed by atoms with van der Waals surface area (Å²) in [5, 5.41) is 19.0. The fourth-order valence-electron chi connectivity index (χ4n) is 3.28. The maximum Gasteiger partial charge on any atom is 0.205 e. The van der Waals surface area contributed by atoms with Gasteiger partial charge in [-0.25, -0.2) is 0 Å². The first-order chi connectivity index (χ1) is 10.8. The molecule has 3 N–H and O–H groups in total. The van der Waals surface area contributed by atoms with Crippen LogP contribution < -0.4 is 5.73 Å². The molecule has 0 radical (unpaired) electrons. The molecule has 0 unspecified atom stereocenters.